The molecule has 2 unspecified atom stereocenters. The Labute approximate surface area is 117 Å². The molecular weight excluding hydrogens is 260 g/mol. The van der Waals surface area contributed by atoms with Crippen LogP contribution in [-0.2, 0) is 11.8 Å². The van der Waals surface area contributed by atoms with E-state index in [1.807, 2.05) is 0 Å². The van der Waals surface area contributed by atoms with Crippen LogP contribution in [0.25, 0.3) is 0 Å². The first-order valence-corrected chi connectivity index (χ1v) is 6.74. The number of aromatic nitrogens is 2. The average molecular weight is 280 g/mol. The van der Waals surface area contributed by atoms with E-state index in [9.17, 15) is 14.7 Å². The van der Waals surface area contributed by atoms with Gasteiger partial charge in [-0.15, -0.1) is 0 Å². The molecule has 20 heavy (non-hydrogen) atoms. The minimum absolute atomic E-state index is 0.326. The fourth-order valence-electron chi connectivity index (χ4n) is 2.47. The van der Waals surface area contributed by atoms with E-state index in [-0.39, 0.29) is 6.03 Å². The van der Waals surface area contributed by atoms with Crippen molar-refractivity contribution >= 4 is 12.0 Å². The van der Waals surface area contributed by atoms with E-state index in [4.69, 9.17) is 0 Å². The van der Waals surface area contributed by atoms with Gasteiger partial charge in [0.05, 0.1) is 6.20 Å². The number of aliphatic carboxylic acids is 1. The smallest absolute Gasteiger partial charge is 0.331 e. The molecule has 1 aromatic heterocycles. The number of urea groups is 1. The van der Waals surface area contributed by atoms with Crippen LogP contribution in [0.2, 0.25) is 0 Å². The van der Waals surface area contributed by atoms with Crippen molar-refractivity contribution in [3.8, 4) is 0 Å². The number of hydrogen-bond acceptors (Lipinski definition) is 3. The van der Waals surface area contributed by atoms with E-state index >= 15 is 0 Å². The van der Waals surface area contributed by atoms with E-state index in [0.29, 0.717) is 24.6 Å². The zero-order valence-electron chi connectivity index (χ0n) is 11.7. The van der Waals surface area contributed by atoms with Gasteiger partial charge in [0.1, 0.15) is 0 Å². The predicted octanol–water partition coefficient (Wildman–Crippen LogP) is 0.987. The minimum atomic E-state index is -1.09. The summed E-state index contributed by atoms with van der Waals surface area (Å²) in [7, 11) is 1.70. The Balaban J connectivity index is 2.04. The third kappa shape index (κ3) is 3.28. The Morgan fingerprint density at radius 3 is 2.85 bits per heavy atom. The van der Waals surface area contributed by atoms with E-state index < -0.39 is 12.0 Å². The molecule has 0 saturated carbocycles. The molecule has 0 aromatic carbocycles. The summed E-state index contributed by atoms with van der Waals surface area (Å²) >= 11 is 0. The number of nitrogens with zero attached hydrogens (tertiary/aromatic N) is 3. The molecule has 2 amide bonds. The normalized spacial score (nSPS) is 20.5. The summed E-state index contributed by atoms with van der Waals surface area (Å²) in [6, 6.07) is -1.39. The number of carbonyl (C=O) groups excluding carboxylic acids is 1. The monoisotopic (exact) mass is 280 g/mol. The van der Waals surface area contributed by atoms with Crippen molar-refractivity contribution in [1.82, 2.24) is 20.0 Å². The molecule has 1 fully saturated rings. The van der Waals surface area contributed by atoms with Crippen molar-refractivity contribution in [2.75, 3.05) is 13.1 Å². The number of carbonyl (C=O) groups is 2. The van der Waals surface area contributed by atoms with Crippen molar-refractivity contribution < 1.29 is 14.7 Å². The lowest BCUT2D eigenvalue weighted by Crippen LogP contribution is -2.47. The van der Waals surface area contributed by atoms with Crippen LogP contribution in [0.15, 0.2) is 12.4 Å². The van der Waals surface area contributed by atoms with Crippen LogP contribution >= 0.6 is 0 Å². The number of hydrogen-bond donors (Lipinski definition) is 2. The Morgan fingerprint density at radius 1 is 1.55 bits per heavy atom. The van der Waals surface area contributed by atoms with Gasteiger partial charge in [0.2, 0.25) is 0 Å². The van der Waals surface area contributed by atoms with Gasteiger partial charge in [0.25, 0.3) is 0 Å². The van der Waals surface area contributed by atoms with Gasteiger partial charge in [-0.25, -0.2) is 9.59 Å². The molecule has 0 aliphatic carbocycles. The minimum Gasteiger partial charge on any atom is -0.479 e. The quantitative estimate of drug-likeness (QED) is 0.864. The average Bonchev–Trinajstić information content (AvgIpc) is 2.81. The van der Waals surface area contributed by atoms with Gasteiger partial charge in [-0.3, -0.25) is 4.68 Å². The summed E-state index contributed by atoms with van der Waals surface area (Å²) in [5, 5.41) is 15.8. The van der Waals surface area contributed by atoms with Crippen molar-refractivity contribution in [2.45, 2.75) is 25.8 Å². The molecule has 2 heterocycles. The number of piperidine rings is 1. The first kappa shape index (κ1) is 14.4. The largest absolute Gasteiger partial charge is 0.479 e. The molecule has 7 nitrogen and oxygen atoms in total. The van der Waals surface area contributed by atoms with Crippen LogP contribution in [0.1, 0.15) is 31.4 Å². The second kappa shape index (κ2) is 5.94. The van der Waals surface area contributed by atoms with Crippen LogP contribution < -0.4 is 5.32 Å². The number of carboxylic acid groups (broad SMARTS) is 1. The molecule has 0 bridgehead atoms. The summed E-state index contributed by atoms with van der Waals surface area (Å²) in [4.78, 5) is 25.2. The highest BCUT2D eigenvalue weighted by Crippen LogP contribution is 2.17. The molecule has 1 aliphatic rings. The van der Waals surface area contributed by atoms with Gasteiger partial charge >= 0.3 is 12.0 Å². The van der Waals surface area contributed by atoms with Gasteiger partial charge in [-0.05, 0) is 18.8 Å². The number of nitrogens with one attached hydrogen (secondary N) is 1. The maximum atomic E-state index is 12.2. The molecular formula is C13H20N4O3. The maximum absolute atomic E-state index is 12.2. The molecule has 0 radical (unpaired) electrons. The highest BCUT2D eigenvalue weighted by Gasteiger charge is 2.27. The SMILES string of the molecule is CC1CCCN(C(=O)NC(C(=O)O)c2cnn(C)c2)C1. The Hall–Kier alpha value is -2.05. The summed E-state index contributed by atoms with van der Waals surface area (Å²) in [5.74, 6) is -0.632. The van der Waals surface area contributed by atoms with E-state index in [1.165, 1.54) is 10.9 Å². The zero-order chi connectivity index (χ0) is 14.7. The zero-order valence-corrected chi connectivity index (χ0v) is 11.7. The van der Waals surface area contributed by atoms with E-state index in [1.54, 1.807) is 18.1 Å². The first-order valence-electron chi connectivity index (χ1n) is 6.74. The third-order valence-corrected chi connectivity index (χ3v) is 3.52. The maximum Gasteiger partial charge on any atom is 0.331 e. The van der Waals surface area contributed by atoms with Gasteiger partial charge < -0.3 is 15.3 Å². The summed E-state index contributed by atoms with van der Waals surface area (Å²) in [5.41, 5.74) is 0.471. The standard InChI is InChI=1S/C13H20N4O3/c1-9-4-3-5-17(7-9)13(20)15-11(12(18)19)10-6-14-16(2)8-10/h6,8-9,11H,3-5,7H2,1-2H3,(H,15,20)(H,18,19). The fraction of sp³-hybridized carbons (Fsp3) is 0.615. The number of amides is 2. The van der Waals surface area contributed by atoms with Crippen molar-refractivity contribution in [2.24, 2.45) is 13.0 Å². The third-order valence-electron chi connectivity index (χ3n) is 3.52. The van der Waals surface area contributed by atoms with Crippen LogP contribution in [0.3, 0.4) is 0 Å². The molecule has 2 N–H and O–H groups in total. The molecule has 1 aromatic rings. The van der Waals surface area contributed by atoms with Crippen LogP contribution in [0.4, 0.5) is 4.79 Å². The fourth-order valence-corrected chi connectivity index (χ4v) is 2.47. The van der Waals surface area contributed by atoms with Gasteiger partial charge in [0, 0.05) is 31.9 Å². The highest BCUT2D eigenvalue weighted by atomic mass is 16.4. The van der Waals surface area contributed by atoms with Crippen molar-refractivity contribution in [3.05, 3.63) is 18.0 Å². The second-order valence-electron chi connectivity index (χ2n) is 5.36. The molecule has 2 atom stereocenters. The Morgan fingerprint density at radius 2 is 2.30 bits per heavy atom. The molecule has 2 rings (SSSR count). The Kier molecular flexibility index (Phi) is 4.26. The lowest BCUT2D eigenvalue weighted by Gasteiger charge is -2.31. The molecule has 110 valence electrons. The highest BCUT2D eigenvalue weighted by molar-refractivity contribution is 5.83. The second-order valence-corrected chi connectivity index (χ2v) is 5.36. The van der Waals surface area contributed by atoms with Gasteiger partial charge in [0.15, 0.2) is 6.04 Å². The number of aryl methyl sites for hydroxylation is 1. The van der Waals surface area contributed by atoms with E-state index in [2.05, 4.69) is 17.3 Å². The van der Waals surface area contributed by atoms with Crippen LogP contribution in [0, 0.1) is 5.92 Å². The molecule has 1 saturated heterocycles. The molecule has 0 spiro atoms. The van der Waals surface area contributed by atoms with Gasteiger partial charge in [-0.1, -0.05) is 6.92 Å². The lowest BCUT2D eigenvalue weighted by molar-refractivity contribution is -0.139. The first-order chi connectivity index (χ1) is 9.47. The van der Waals surface area contributed by atoms with Crippen molar-refractivity contribution in [1.29, 1.82) is 0 Å². The summed E-state index contributed by atoms with van der Waals surface area (Å²) in [6.45, 7) is 3.44. The van der Waals surface area contributed by atoms with E-state index in [0.717, 1.165) is 12.8 Å². The number of rotatable bonds is 3. The molecule has 1 aliphatic heterocycles. The Bertz CT molecular complexity index is 500. The molecule has 7 heteroatoms. The summed E-state index contributed by atoms with van der Waals surface area (Å²) < 4.78 is 1.51. The van der Waals surface area contributed by atoms with Crippen LogP contribution in [0.5, 0.6) is 0 Å². The lowest BCUT2D eigenvalue weighted by atomic mass is 10.0. The predicted molar refractivity (Wildman–Crippen MR) is 72.1 cm³/mol. The van der Waals surface area contributed by atoms with Crippen molar-refractivity contribution in [3.63, 3.8) is 0 Å². The topological polar surface area (TPSA) is 87.5 Å². The van der Waals surface area contributed by atoms with Crippen LogP contribution in [-0.4, -0.2) is 44.9 Å². The summed E-state index contributed by atoms with van der Waals surface area (Å²) in [6.07, 6.45) is 5.11. The van der Waals surface area contributed by atoms with Gasteiger partial charge in [-0.2, -0.15) is 5.10 Å². The number of carboxylic acids is 1. The number of likely N-dealkylation sites (tertiary alicyclic amines) is 1.